The highest BCUT2D eigenvalue weighted by molar-refractivity contribution is 7.99. The molecule has 1 N–H and O–H groups in total. The van der Waals surface area contributed by atoms with Crippen LogP contribution in [-0.4, -0.2) is 5.75 Å². The maximum Gasteiger partial charge on any atom is 0.0410 e. The summed E-state index contributed by atoms with van der Waals surface area (Å²) in [6.45, 7) is 4.44. The maximum atomic E-state index is 6.17. The average molecular weight is 324 g/mol. The average Bonchev–Trinajstić information content (AvgIpc) is 2.86. The first-order valence-corrected chi connectivity index (χ1v) is 9.12. The van der Waals surface area contributed by atoms with Crippen LogP contribution in [-0.2, 0) is 0 Å². The first-order chi connectivity index (χ1) is 9.65. The summed E-state index contributed by atoms with van der Waals surface area (Å²) in [5.41, 5.74) is 2.74. The predicted octanol–water partition coefficient (Wildman–Crippen LogP) is 5.60. The van der Waals surface area contributed by atoms with Crippen LogP contribution < -0.4 is 5.32 Å². The Balaban J connectivity index is 1.83. The van der Waals surface area contributed by atoms with Crippen LogP contribution in [0.2, 0.25) is 5.02 Å². The summed E-state index contributed by atoms with van der Waals surface area (Å²) in [6.07, 6.45) is 1.16. The fraction of sp³-hybridized carbons (Fsp3) is 0.375. The lowest BCUT2D eigenvalue weighted by Crippen LogP contribution is -2.27. The number of hydrogen-bond donors (Lipinski definition) is 1. The zero-order chi connectivity index (χ0) is 14.1. The van der Waals surface area contributed by atoms with Crippen LogP contribution in [0.25, 0.3) is 0 Å². The third-order valence-electron chi connectivity index (χ3n) is 3.76. The van der Waals surface area contributed by atoms with Gasteiger partial charge < -0.3 is 5.32 Å². The van der Waals surface area contributed by atoms with Crippen LogP contribution in [0.5, 0.6) is 0 Å². The third-order valence-corrected chi connectivity index (χ3v) is 6.32. The molecule has 0 bridgehead atoms. The Hall–Kier alpha value is -0.480. The molecular formula is C16H18ClNS2. The van der Waals surface area contributed by atoms with Gasteiger partial charge in [0.1, 0.15) is 0 Å². The molecule has 3 rings (SSSR count). The molecule has 0 fully saturated rings. The molecule has 1 nitrogen and oxygen atoms in total. The highest BCUT2D eigenvalue weighted by Gasteiger charge is 2.23. The van der Waals surface area contributed by atoms with Crippen LogP contribution in [0.3, 0.4) is 0 Å². The Morgan fingerprint density at radius 1 is 1.35 bits per heavy atom. The van der Waals surface area contributed by atoms with E-state index >= 15 is 0 Å². The minimum atomic E-state index is 0.384. The van der Waals surface area contributed by atoms with Crippen LogP contribution in [0, 0.1) is 6.92 Å². The van der Waals surface area contributed by atoms with Gasteiger partial charge in [0.2, 0.25) is 0 Å². The second-order valence-corrected chi connectivity index (χ2v) is 7.75. The molecule has 2 unspecified atom stereocenters. The van der Waals surface area contributed by atoms with E-state index in [1.54, 1.807) is 0 Å². The molecule has 1 aliphatic heterocycles. The van der Waals surface area contributed by atoms with Gasteiger partial charge in [-0.25, -0.2) is 0 Å². The van der Waals surface area contributed by atoms with E-state index in [4.69, 9.17) is 11.6 Å². The Morgan fingerprint density at radius 3 is 2.95 bits per heavy atom. The topological polar surface area (TPSA) is 12.0 Å². The van der Waals surface area contributed by atoms with Crippen molar-refractivity contribution in [2.24, 2.45) is 0 Å². The SMILES string of the molecule is Cc1ccsc1C(C)NC1CCSc2ccc(Cl)cc21. The Labute approximate surface area is 133 Å². The van der Waals surface area contributed by atoms with E-state index in [0.29, 0.717) is 12.1 Å². The van der Waals surface area contributed by atoms with Crippen molar-refractivity contribution in [1.82, 2.24) is 5.32 Å². The Kier molecular flexibility index (Phi) is 4.41. The molecule has 0 aliphatic carbocycles. The molecule has 4 heteroatoms. The molecule has 106 valence electrons. The first-order valence-electron chi connectivity index (χ1n) is 6.87. The normalized spacial score (nSPS) is 19.6. The molecule has 0 amide bonds. The number of halogens is 1. The van der Waals surface area contributed by atoms with Gasteiger partial charge in [-0.05, 0) is 66.8 Å². The molecule has 1 aromatic carbocycles. The molecule has 0 radical (unpaired) electrons. The predicted molar refractivity (Wildman–Crippen MR) is 90.1 cm³/mol. The van der Waals surface area contributed by atoms with Gasteiger partial charge in [-0.1, -0.05) is 11.6 Å². The smallest absolute Gasteiger partial charge is 0.0410 e. The van der Waals surface area contributed by atoms with Gasteiger partial charge in [0.25, 0.3) is 0 Å². The summed E-state index contributed by atoms with van der Waals surface area (Å²) < 4.78 is 0. The van der Waals surface area contributed by atoms with E-state index in [0.717, 1.165) is 11.4 Å². The van der Waals surface area contributed by atoms with Crippen molar-refractivity contribution in [3.63, 3.8) is 0 Å². The molecule has 0 saturated heterocycles. The number of thioether (sulfide) groups is 1. The summed E-state index contributed by atoms with van der Waals surface area (Å²) in [5.74, 6) is 1.17. The summed E-state index contributed by atoms with van der Waals surface area (Å²) in [4.78, 5) is 2.81. The molecule has 2 aromatic rings. The van der Waals surface area contributed by atoms with E-state index < -0.39 is 0 Å². The number of aryl methyl sites for hydroxylation is 1. The zero-order valence-electron chi connectivity index (χ0n) is 11.7. The largest absolute Gasteiger partial charge is 0.303 e. The van der Waals surface area contributed by atoms with Gasteiger partial charge in [-0.3, -0.25) is 0 Å². The van der Waals surface area contributed by atoms with Gasteiger partial charge >= 0.3 is 0 Å². The van der Waals surface area contributed by atoms with Crippen LogP contribution in [0.1, 0.15) is 41.4 Å². The van der Waals surface area contributed by atoms with Gasteiger partial charge in [0, 0.05) is 26.9 Å². The molecule has 2 heterocycles. The minimum absolute atomic E-state index is 0.384. The van der Waals surface area contributed by atoms with Crippen LogP contribution >= 0.6 is 34.7 Å². The van der Waals surface area contributed by atoms with Gasteiger partial charge in [-0.15, -0.1) is 23.1 Å². The Morgan fingerprint density at radius 2 is 2.20 bits per heavy atom. The quantitative estimate of drug-likeness (QED) is 0.789. The van der Waals surface area contributed by atoms with Crippen LogP contribution in [0.15, 0.2) is 34.5 Å². The zero-order valence-corrected chi connectivity index (χ0v) is 14.0. The molecule has 2 atom stereocenters. The summed E-state index contributed by atoms with van der Waals surface area (Å²) in [5, 5.41) is 6.79. The summed E-state index contributed by atoms with van der Waals surface area (Å²) in [6, 6.07) is 9.24. The van der Waals surface area contributed by atoms with E-state index in [-0.39, 0.29) is 0 Å². The summed E-state index contributed by atoms with van der Waals surface area (Å²) >= 11 is 9.94. The van der Waals surface area contributed by atoms with Crippen molar-refractivity contribution in [3.05, 3.63) is 50.7 Å². The molecule has 1 aliphatic rings. The van der Waals surface area contributed by atoms with Gasteiger partial charge in [0.05, 0.1) is 0 Å². The number of hydrogen-bond acceptors (Lipinski definition) is 3. The lowest BCUT2D eigenvalue weighted by molar-refractivity contribution is 0.453. The van der Waals surface area contributed by atoms with Crippen molar-refractivity contribution in [3.8, 4) is 0 Å². The van der Waals surface area contributed by atoms with E-state index in [1.165, 1.54) is 26.7 Å². The van der Waals surface area contributed by atoms with Crippen molar-refractivity contribution >= 4 is 34.7 Å². The molecule has 20 heavy (non-hydrogen) atoms. The molecule has 1 aromatic heterocycles. The highest BCUT2D eigenvalue weighted by atomic mass is 35.5. The number of fused-ring (bicyclic) bond motifs is 1. The fourth-order valence-electron chi connectivity index (χ4n) is 2.74. The number of benzene rings is 1. The van der Waals surface area contributed by atoms with Crippen molar-refractivity contribution in [1.29, 1.82) is 0 Å². The number of rotatable bonds is 3. The van der Waals surface area contributed by atoms with E-state index in [1.807, 2.05) is 29.2 Å². The fourth-order valence-corrected chi connectivity index (χ4v) is 4.97. The van der Waals surface area contributed by atoms with Crippen molar-refractivity contribution in [2.45, 2.75) is 37.2 Å². The van der Waals surface area contributed by atoms with E-state index in [2.05, 4.69) is 42.7 Å². The number of thiophene rings is 1. The second kappa shape index (κ2) is 6.10. The third kappa shape index (κ3) is 2.91. The molecule has 0 saturated carbocycles. The van der Waals surface area contributed by atoms with Gasteiger partial charge in [0.15, 0.2) is 0 Å². The second-order valence-electron chi connectivity index (χ2n) is 5.23. The number of nitrogens with one attached hydrogen (secondary N) is 1. The standard InChI is InChI=1S/C16H18ClNS2/c1-10-5-7-20-16(10)11(2)18-14-6-8-19-15-4-3-12(17)9-13(14)15/h3-5,7,9,11,14,18H,6,8H2,1-2H3. The molecule has 0 spiro atoms. The van der Waals surface area contributed by atoms with Crippen molar-refractivity contribution in [2.75, 3.05) is 5.75 Å². The lowest BCUT2D eigenvalue weighted by Gasteiger charge is -2.29. The minimum Gasteiger partial charge on any atom is -0.303 e. The summed E-state index contributed by atoms with van der Waals surface area (Å²) in [7, 11) is 0. The van der Waals surface area contributed by atoms with Crippen LogP contribution in [0.4, 0.5) is 0 Å². The lowest BCUT2D eigenvalue weighted by atomic mass is 10.0. The Bertz CT molecular complexity index is 608. The van der Waals surface area contributed by atoms with Gasteiger partial charge in [-0.2, -0.15) is 0 Å². The van der Waals surface area contributed by atoms with E-state index in [9.17, 15) is 0 Å². The highest BCUT2D eigenvalue weighted by Crippen LogP contribution is 2.39. The maximum absolute atomic E-state index is 6.17. The monoisotopic (exact) mass is 323 g/mol. The van der Waals surface area contributed by atoms with Crippen molar-refractivity contribution < 1.29 is 0 Å². The first kappa shape index (κ1) is 14.5. The molecular weight excluding hydrogens is 306 g/mol.